The van der Waals surface area contributed by atoms with Crippen LogP contribution in [-0.2, 0) is 0 Å². The van der Waals surface area contributed by atoms with Gasteiger partial charge < -0.3 is 10.1 Å². The van der Waals surface area contributed by atoms with Gasteiger partial charge in [0.2, 0.25) is 5.88 Å². The molecule has 2 aliphatic heterocycles. The maximum atomic E-state index is 6.05. The third-order valence-electron chi connectivity index (χ3n) is 3.70. The van der Waals surface area contributed by atoms with Crippen LogP contribution < -0.4 is 10.1 Å². The summed E-state index contributed by atoms with van der Waals surface area (Å²) in [6.45, 7) is 2.04. The Morgan fingerprint density at radius 1 is 1.35 bits per heavy atom. The minimum atomic E-state index is 0.334. The van der Waals surface area contributed by atoms with Crippen LogP contribution in [0.5, 0.6) is 5.88 Å². The van der Waals surface area contributed by atoms with Crippen LogP contribution in [0.15, 0.2) is 16.7 Å². The first-order chi connectivity index (χ1) is 8.20. The van der Waals surface area contributed by atoms with Crippen molar-refractivity contribution in [3.8, 4) is 5.88 Å². The van der Waals surface area contributed by atoms with Gasteiger partial charge in [-0.3, -0.25) is 0 Å². The Balaban J connectivity index is 1.70. The monoisotopic (exact) mass is 296 g/mol. The van der Waals surface area contributed by atoms with Gasteiger partial charge in [0.25, 0.3) is 0 Å². The van der Waals surface area contributed by atoms with E-state index in [4.69, 9.17) is 4.74 Å². The van der Waals surface area contributed by atoms with Gasteiger partial charge in [-0.2, -0.15) is 0 Å². The molecule has 2 unspecified atom stereocenters. The number of aryl methyl sites for hydroxylation is 1. The highest BCUT2D eigenvalue weighted by atomic mass is 79.9. The van der Waals surface area contributed by atoms with Crippen LogP contribution in [0, 0.1) is 6.92 Å². The lowest BCUT2D eigenvalue weighted by Gasteiger charge is -2.29. The molecule has 4 heteroatoms. The van der Waals surface area contributed by atoms with Crippen LogP contribution in [-0.4, -0.2) is 23.2 Å². The molecule has 1 aromatic heterocycles. The Hall–Kier alpha value is -0.610. The Kier molecular flexibility index (Phi) is 3.09. The fourth-order valence-electron chi connectivity index (χ4n) is 2.91. The normalized spacial score (nSPS) is 31.5. The van der Waals surface area contributed by atoms with E-state index in [9.17, 15) is 0 Å². The molecule has 2 fully saturated rings. The maximum Gasteiger partial charge on any atom is 0.216 e. The second-order valence-corrected chi connectivity index (χ2v) is 6.04. The number of piperidine rings is 1. The van der Waals surface area contributed by atoms with E-state index in [2.05, 4.69) is 32.3 Å². The number of nitrogens with zero attached hydrogens (tertiary/aromatic N) is 1. The van der Waals surface area contributed by atoms with Crippen molar-refractivity contribution in [3.63, 3.8) is 0 Å². The SMILES string of the molecule is Cc1cc(Br)cnc1OC1CC2CCC(C1)N2. The molecule has 1 N–H and O–H groups in total. The lowest BCUT2D eigenvalue weighted by atomic mass is 10.0. The van der Waals surface area contributed by atoms with E-state index in [1.807, 2.05) is 6.92 Å². The van der Waals surface area contributed by atoms with Crippen LogP contribution in [0.1, 0.15) is 31.2 Å². The van der Waals surface area contributed by atoms with E-state index in [-0.39, 0.29) is 0 Å². The molecule has 2 aliphatic rings. The molecular weight excluding hydrogens is 280 g/mol. The second kappa shape index (κ2) is 4.58. The van der Waals surface area contributed by atoms with E-state index < -0.39 is 0 Å². The van der Waals surface area contributed by atoms with Crippen LogP contribution >= 0.6 is 15.9 Å². The molecule has 3 heterocycles. The van der Waals surface area contributed by atoms with Gasteiger partial charge in [0.15, 0.2) is 0 Å². The number of aromatic nitrogens is 1. The number of fused-ring (bicyclic) bond motifs is 2. The molecular formula is C13H17BrN2O. The maximum absolute atomic E-state index is 6.05. The molecule has 0 saturated carbocycles. The lowest BCUT2D eigenvalue weighted by Crippen LogP contribution is -2.42. The van der Waals surface area contributed by atoms with Gasteiger partial charge in [0, 0.05) is 28.3 Å². The van der Waals surface area contributed by atoms with Crippen molar-refractivity contribution in [2.45, 2.75) is 50.8 Å². The average Bonchev–Trinajstić information content (AvgIpc) is 2.62. The molecule has 92 valence electrons. The average molecular weight is 297 g/mol. The van der Waals surface area contributed by atoms with Gasteiger partial charge in [-0.1, -0.05) is 0 Å². The van der Waals surface area contributed by atoms with Gasteiger partial charge in [-0.25, -0.2) is 4.98 Å². The Morgan fingerprint density at radius 3 is 2.71 bits per heavy atom. The summed E-state index contributed by atoms with van der Waals surface area (Å²) in [5.41, 5.74) is 1.10. The van der Waals surface area contributed by atoms with E-state index in [0.717, 1.165) is 28.8 Å². The number of nitrogens with one attached hydrogen (secondary N) is 1. The summed E-state index contributed by atoms with van der Waals surface area (Å²) in [6, 6.07) is 3.38. The highest BCUT2D eigenvalue weighted by molar-refractivity contribution is 9.10. The summed E-state index contributed by atoms with van der Waals surface area (Å²) >= 11 is 3.42. The summed E-state index contributed by atoms with van der Waals surface area (Å²) in [6.07, 6.45) is 6.98. The van der Waals surface area contributed by atoms with Gasteiger partial charge in [0.1, 0.15) is 6.10 Å². The first-order valence-electron chi connectivity index (χ1n) is 6.25. The lowest BCUT2D eigenvalue weighted by molar-refractivity contribution is 0.131. The van der Waals surface area contributed by atoms with Crippen LogP contribution in [0.2, 0.25) is 0 Å². The van der Waals surface area contributed by atoms with Crippen LogP contribution in [0.4, 0.5) is 0 Å². The molecule has 0 aromatic carbocycles. The molecule has 3 rings (SSSR count). The van der Waals surface area contributed by atoms with E-state index in [1.54, 1.807) is 6.20 Å². The summed E-state index contributed by atoms with van der Waals surface area (Å²) in [5, 5.41) is 3.62. The predicted octanol–water partition coefficient (Wildman–Crippen LogP) is 2.81. The van der Waals surface area contributed by atoms with Crippen molar-refractivity contribution in [1.29, 1.82) is 0 Å². The van der Waals surface area contributed by atoms with Gasteiger partial charge in [0.05, 0.1) is 0 Å². The van der Waals surface area contributed by atoms with Gasteiger partial charge in [-0.05, 0) is 54.6 Å². The molecule has 0 amide bonds. The van der Waals surface area contributed by atoms with Gasteiger partial charge >= 0.3 is 0 Å². The highest BCUT2D eigenvalue weighted by Gasteiger charge is 2.34. The topological polar surface area (TPSA) is 34.1 Å². The summed E-state index contributed by atoms with van der Waals surface area (Å²) in [5.74, 6) is 0.791. The third-order valence-corrected chi connectivity index (χ3v) is 4.14. The predicted molar refractivity (Wildman–Crippen MR) is 70.3 cm³/mol. The Labute approximate surface area is 110 Å². The zero-order valence-corrected chi connectivity index (χ0v) is 11.5. The first kappa shape index (κ1) is 11.5. The zero-order chi connectivity index (χ0) is 11.8. The number of halogens is 1. The highest BCUT2D eigenvalue weighted by Crippen LogP contribution is 2.30. The third kappa shape index (κ3) is 2.47. The van der Waals surface area contributed by atoms with Crippen molar-refractivity contribution in [2.75, 3.05) is 0 Å². The van der Waals surface area contributed by atoms with Crippen molar-refractivity contribution < 1.29 is 4.74 Å². The van der Waals surface area contributed by atoms with Crippen molar-refractivity contribution in [3.05, 3.63) is 22.3 Å². The largest absolute Gasteiger partial charge is 0.474 e. The molecule has 17 heavy (non-hydrogen) atoms. The minimum absolute atomic E-state index is 0.334. The first-order valence-corrected chi connectivity index (χ1v) is 7.05. The number of hydrogen-bond donors (Lipinski definition) is 1. The van der Waals surface area contributed by atoms with Gasteiger partial charge in [-0.15, -0.1) is 0 Å². The van der Waals surface area contributed by atoms with E-state index >= 15 is 0 Å². The van der Waals surface area contributed by atoms with E-state index in [0.29, 0.717) is 18.2 Å². The molecule has 0 spiro atoms. The second-order valence-electron chi connectivity index (χ2n) is 5.12. The smallest absolute Gasteiger partial charge is 0.216 e. The summed E-state index contributed by atoms with van der Waals surface area (Å²) < 4.78 is 7.06. The van der Waals surface area contributed by atoms with Crippen LogP contribution in [0.25, 0.3) is 0 Å². The Morgan fingerprint density at radius 2 is 2.06 bits per heavy atom. The zero-order valence-electron chi connectivity index (χ0n) is 9.95. The minimum Gasteiger partial charge on any atom is -0.474 e. The molecule has 0 radical (unpaired) electrons. The van der Waals surface area contributed by atoms with E-state index in [1.165, 1.54) is 12.8 Å². The van der Waals surface area contributed by atoms with Crippen LogP contribution in [0.3, 0.4) is 0 Å². The summed E-state index contributed by atoms with van der Waals surface area (Å²) in [7, 11) is 0. The molecule has 1 aromatic rings. The molecule has 2 saturated heterocycles. The van der Waals surface area contributed by atoms with Crippen molar-refractivity contribution >= 4 is 15.9 Å². The summed E-state index contributed by atoms with van der Waals surface area (Å²) in [4.78, 5) is 4.35. The van der Waals surface area contributed by atoms with Crippen molar-refractivity contribution in [2.24, 2.45) is 0 Å². The fourth-order valence-corrected chi connectivity index (χ4v) is 3.36. The number of pyridine rings is 1. The molecule has 2 bridgehead atoms. The molecule has 2 atom stereocenters. The quantitative estimate of drug-likeness (QED) is 0.911. The Bertz CT molecular complexity index is 412. The van der Waals surface area contributed by atoms with Crippen molar-refractivity contribution in [1.82, 2.24) is 10.3 Å². The number of ether oxygens (including phenoxy) is 1. The molecule has 0 aliphatic carbocycles. The molecule has 3 nitrogen and oxygen atoms in total. The fraction of sp³-hybridized carbons (Fsp3) is 0.615. The number of hydrogen-bond acceptors (Lipinski definition) is 3. The standard InChI is InChI=1S/C13H17BrN2O/c1-8-4-9(14)7-15-13(8)17-12-5-10-2-3-11(6-12)16-10/h4,7,10-12,16H,2-3,5-6H2,1H3. The number of rotatable bonds is 2.